The van der Waals surface area contributed by atoms with E-state index in [0.717, 1.165) is 19.8 Å². The molecule has 1 atom stereocenters. The summed E-state index contributed by atoms with van der Waals surface area (Å²) in [7, 11) is 0. The summed E-state index contributed by atoms with van der Waals surface area (Å²) < 4.78 is 1.05. The van der Waals surface area contributed by atoms with Crippen LogP contribution < -0.4 is 0 Å². The number of aliphatic hydroxyl groups excluding tert-OH is 1. The van der Waals surface area contributed by atoms with Gasteiger partial charge in [0.05, 0.1) is 3.79 Å². The molecule has 0 spiro atoms. The van der Waals surface area contributed by atoms with E-state index in [1.807, 2.05) is 43.3 Å². The lowest BCUT2D eigenvalue weighted by atomic mass is 10.0. The van der Waals surface area contributed by atoms with Gasteiger partial charge >= 0.3 is 0 Å². The van der Waals surface area contributed by atoms with Gasteiger partial charge in [0.2, 0.25) is 0 Å². The van der Waals surface area contributed by atoms with Crippen LogP contribution in [0.1, 0.15) is 22.1 Å². The van der Waals surface area contributed by atoms with Gasteiger partial charge in [-0.1, -0.05) is 24.3 Å². The van der Waals surface area contributed by atoms with Crippen LogP contribution in [-0.2, 0) is 0 Å². The van der Waals surface area contributed by atoms with Crippen molar-refractivity contribution in [3.63, 3.8) is 0 Å². The van der Waals surface area contributed by atoms with Crippen LogP contribution >= 0.6 is 27.3 Å². The molecule has 78 valence electrons. The molecule has 0 radical (unpaired) electrons. The molecule has 0 aliphatic rings. The molecular formula is C12H11BrOS. The van der Waals surface area contributed by atoms with Crippen LogP contribution in [0.4, 0.5) is 0 Å². The molecule has 0 aliphatic heterocycles. The fraction of sp³-hybridized carbons (Fsp3) is 0.167. The van der Waals surface area contributed by atoms with E-state index in [2.05, 4.69) is 15.9 Å². The van der Waals surface area contributed by atoms with Crippen LogP contribution in [0.15, 0.2) is 40.2 Å². The molecular weight excluding hydrogens is 272 g/mol. The first-order chi connectivity index (χ1) is 7.18. The Balaban J connectivity index is 2.36. The van der Waals surface area contributed by atoms with Gasteiger partial charge < -0.3 is 5.11 Å². The molecule has 0 saturated heterocycles. The molecule has 0 saturated carbocycles. The standard InChI is InChI=1S/C12H11BrOS/c1-8-4-2-3-5-9(8)12(14)10-6-7-11(13)15-10/h2-7,12,14H,1H3. The Morgan fingerprint density at radius 3 is 2.53 bits per heavy atom. The van der Waals surface area contributed by atoms with E-state index in [1.54, 1.807) is 11.3 Å². The predicted molar refractivity (Wildman–Crippen MR) is 67.3 cm³/mol. The zero-order valence-corrected chi connectivity index (χ0v) is 10.7. The molecule has 1 nitrogen and oxygen atoms in total. The normalized spacial score (nSPS) is 12.7. The summed E-state index contributed by atoms with van der Waals surface area (Å²) in [5, 5.41) is 10.2. The summed E-state index contributed by atoms with van der Waals surface area (Å²) in [5.74, 6) is 0. The highest BCUT2D eigenvalue weighted by Crippen LogP contribution is 2.32. The fourth-order valence-corrected chi connectivity index (χ4v) is 2.95. The van der Waals surface area contributed by atoms with Crippen molar-refractivity contribution in [1.82, 2.24) is 0 Å². The van der Waals surface area contributed by atoms with Crippen molar-refractivity contribution < 1.29 is 5.11 Å². The third kappa shape index (κ3) is 2.30. The third-order valence-electron chi connectivity index (χ3n) is 2.35. The number of aliphatic hydroxyl groups is 1. The van der Waals surface area contributed by atoms with Crippen molar-refractivity contribution in [2.75, 3.05) is 0 Å². The van der Waals surface area contributed by atoms with Gasteiger partial charge in [-0.25, -0.2) is 0 Å². The summed E-state index contributed by atoms with van der Waals surface area (Å²) >= 11 is 4.96. The van der Waals surface area contributed by atoms with E-state index in [0.29, 0.717) is 0 Å². The highest BCUT2D eigenvalue weighted by molar-refractivity contribution is 9.11. The SMILES string of the molecule is Cc1ccccc1C(O)c1ccc(Br)s1. The minimum atomic E-state index is -0.512. The maximum absolute atomic E-state index is 10.2. The van der Waals surface area contributed by atoms with Crippen LogP contribution in [-0.4, -0.2) is 5.11 Å². The van der Waals surface area contributed by atoms with Gasteiger partial charge in [-0.2, -0.15) is 0 Å². The third-order valence-corrected chi connectivity index (χ3v) is 4.02. The Labute approximate surface area is 102 Å². The van der Waals surface area contributed by atoms with Gasteiger partial charge in [0, 0.05) is 4.88 Å². The first-order valence-corrected chi connectivity index (χ1v) is 6.28. The van der Waals surface area contributed by atoms with Crippen molar-refractivity contribution in [3.8, 4) is 0 Å². The molecule has 1 aromatic heterocycles. The first-order valence-electron chi connectivity index (χ1n) is 4.67. The number of halogens is 1. The lowest BCUT2D eigenvalue weighted by Crippen LogP contribution is -1.99. The van der Waals surface area contributed by atoms with E-state index in [1.165, 1.54) is 0 Å². The zero-order valence-electron chi connectivity index (χ0n) is 8.27. The average molecular weight is 283 g/mol. The summed E-state index contributed by atoms with van der Waals surface area (Å²) in [6.45, 7) is 2.02. The number of hydrogen-bond donors (Lipinski definition) is 1. The van der Waals surface area contributed by atoms with Crippen molar-refractivity contribution in [2.24, 2.45) is 0 Å². The quantitative estimate of drug-likeness (QED) is 0.886. The van der Waals surface area contributed by atoms with Crippen LogP contribution in [0.5, 0.6) is 0 Å². The molecule has 3 heteroatoms. The molecule has 1 unspecified atom stereocenters. The molecule has 2 rings (SSSR count). The summed E-state index contributed by atoms with van der Waals surface area (Å²) in [4.78, 5) is 0.969. The monoisotopic (exact) mass is 282 g/mol. The minimum absolute atomic E-state index is 0.512. The van der Waals surface area contributed by atoms with Crippen molar-refractivity contribution in [2.45, 2.75) is 13.0 Å². The second kappa shape index (κ2) is 4.47. The fourth-order valence-electron chi connectivity index (χ4n) is 1.52. The summed E-state index contributed by atoms with van der Waals surface area (Å²) in [5.41, 5.74) is 2.10. The molecule has 0 amide bonds. The van der Waals surface area contributed by atoms with Crippen molar-refractivity contribution in [1.29, 1.82) is 0 Å². The zero-order chi connectivity index (χ0) is 10.8. The van der Waals surface area contributed by atoms with Crippen molar-refractivity contribution >= 4 is 27.3 Å². The van der Waals surface area contributed by atoms with Crippen LogP contribution in [0, 0.1) is 6.92 Å². The van der Waals surface area contributed by atoms with E-state index < -0.39 is 6.10 Å². The smallest absolute Gasteiger partial charge is 0.113 e. The molecule has 1 heterocycles. The summed E-state index contributed by atoms with van der Waals surface area (Å²) in [6.07, 6.45) is -0.512. The van der Waals surface area contributed by atoms with Gasteiger partial charge in [-0.05, 0) is 46.1 Å². The van der Waals surface area contributed by atoms with E-state index in [4.69, 9.17) is 0 Å². The van der Waals surface area contributed by atoms with Crippen molar-refractivity contribution in [3.05, 3.63) is 56.2 Å². The molecule has 2 aromatic rings. The molecule has 15 heavy (non-hydrogen) atoms. The number of hydrogen-bond acceptors (Lipinski definition) is 2. The number of aryl methyl sites for hydroxylation is 1. The molecule has 0 aliphatic carbocycles. The minimum Gasteiger partial charge on any atom is -0.383 e. The highest BCUT2D eigenvalue weighted by Gasteiger charge is 2.13. The van der Waals surface area contributed by atoms with Crippen LogP contribution in [0.3, 0.4) is 0 Å². The Morgan fingerprint density at radius 1 is 1.20 bits per heavy atom. The number of benzene rings is 1. The van der Waals surface area contributed by atoms with Gasteiger partial charge in [0.1, 0.15) is 6.10 Å². The topological polar surface area (TPSA) is 20.2 Å². The number of rotatable bonds is 2. The molecule has 0 fully saturated rings. The molecule has 0 bridgehead atoms. The molecule has 1 aromatic carbocycles. The second-order valence-electron chi connectivity index (χ2n) is 3.40. The van der Waals surface area contributed by atoms with E-state index in [9.17, 15) is 5.11 Å². The van der Waals surface area contributed by atoms with Gasteiger partial charge in [0.25, 0.3) is 0 Å². The van der Waals surface area contributed by atoms with Crippen LogP contribution in [0.2, 0.25) is 0 Å². The van der Waals surface area contributed by atoms with Gasteiger partial charge in [-0.3, -0.25) is 0 Å². The lowest BCUT2D eigenvalue weighted by molar-refractivity contribution is 0.223. The summed E-state index contributed by atoms with van der Waals surface area (Å²) in [6, 6.07) is 11.8. The lowest BCUT2D eigenvalue weighted by Gasteiger charge is -2.11. The van der Waals surface area contributed by atoms with E-state index >= 15 is 0 Å². The maximum Gasteiger partial charge on any atom is 0.113 e. The highest BCUT2D eigenvalue weighted by atomic mass is 79.9. The van der Waals surface area contributed by atoms with Gasteiger partial charge in [0.15, 0.2) is 0 Å². The Hall–Kier alpha value is -0.640. The maximum atomic E-state index is 10.2. The van der Waals surface area contributed by atoms with Gasteiger partial charge in [-0.15, -0.1) is 11.3 Å². The Morgan fingerprint density at radius 2 is 1.93 bits per heavy atom. The molecule has 1 N–H and O–H groups in total. The number of thiophene rings is 1. The van der Waals surface area contributed by atoms with E-state index in [-0.39, 0.29) is 0 Å². The predicted octanol–water partition coefficient (Wildman–Crippen LogP) is 3.90. The first kappa shape index (κ1) is 10.9. The second-order valence-corrected chi connectivity index (χ2v) is 5.90. The Bertz CT molecular complexity index is 464. The Kier molecular flexibility index (Phi) is 3.24. The van der Waals surface area contributed by atoms with Crippen LogP contribution in [0.25, 0.3) is 0 Å². The average Bonchev–Trinajstić information content (AvgIpc) is 2.65. The largest absolute Gasteiger partial charge is 0.383 e.